The van der Waals surface area contributed by atoms with Crippen molar-refractivity contribution in [3.63, 3.8) is 0 Å². The van der Waals surface area contributed by atoms with Crippen molar-refractivity contribution < 1.29 is 14.4 Å². The molecule has 2 aliphatic carbocycles. The summed E-state index contributed by atoms with van der Waals surface area (Å²) in [6, 6.07) is 26.6. The molecule has 5 heteroatoms. The molecule has 0 unspecified atom stereocenters. The van der Waals surface area contributed by atoms with Crippen LogP contribution in [0.5, 0.6) is 0 Å². The molecule has 1 aliphatic heterocycles. The maximum absolute atomic E-state index is 14.7. The number of hydrogen-bond donors (Lipinski definition) is 0. The molecule has 3 aromatic rings. The second kappa shape index (κ2) is 8.01. The fourth-order valence-electron chi connectivity index (χ4n) is 7.30. The minimum Gasteiger partial charge on any atom is -0.298 e. The topological polar surface area (TPSA) is 54.5 Å². The van der Waals surface area contributed by atoms with E-state index in [0.717, 1.165) is 22.3 Å². The molecular weight excluding hydrogens is 470 g/mol. The predicted molar refractivity (Wildman–Crippen MR) is 141 cm³/mol. The van der Waals surface area contributed by atoms with Crippen LogP contribution in [0.25, 0.3) is 11.1 Å². The highest BCUT2D eigenvalue weighted by Crippen LogP contribution is 2.75. The molecule has 2 bridgehead atoms. The number of halogens is 1. The minimum absolute atomic E-state index is 0.0187. The van der Waals surface area contributed by atoms with E-state index in [1.54, 1.807) is 24.3 Å². The van der Waals surface area contributed by atoms with Gasteiger partial charge in [-0.05, 0) is 59.4 Å². The first-order valence-electron chi connectivity index (χ1n) is 12.5. The van der Waals surface area contributed by atoms with Crippen LogP contribution in [0.1, 0.15) is 37.8 Å². The van der Waals surface area contributed by atoms with Crippen molar-refractivity contribution in [3.8, 4) is 0 Å². The van der Waals surface area contributed by atoms with Gasteiger partial charge in [0.05, 0.1) is 28.4 Å². The number of rotatable bonds is 5. The van der Waals surface area contributed by atoms with Crippen LogP contribution in [-0.2, 0) is 14.4 Å². The summed E-state index contributed by atoms with van der Waals surface area (Å²) in [5, 5.41) is 0.530. The van der Waals surface area contributed by atoms with E-state index in [2.05, 4.69) is 0 Å². The summed E-state index contributed by atoms with van der Waals surface area (Å²) in [5.41, 5.74) is 2.04. The van der Waals surface area contributed by atoms with Gasteiger partial charge in [0.25, 0.3) is 0 Å². The van der Waals surface area contributed by atoms with Crippen molar-refractivity contribution in [3.05, 3.63) is 101 Å². The van der Waals surface area contributed by atoms with Crippen LogP contribution < -0.4 is 4.90 Å². The van der Waals surface area contributed by atoms with Crippen LogP contribution >= 0.6 is 11.6 Å². The van der Waals surface area contributed by atoms with Gasteiger partial charge in [0, 0.05) is 5.02 Å². The van der Waals surface area contributed by atoms with Crippen LogP contribution in [-0.4, -0.2) is 17.6 Å². The zero-order valence-corrected chi connectivity index (χ0v) is 21.0. The first-order chi connectivity index (χ1) is 17.4. The molecule has 1 heterocycles. The number of fused-ring (bicyclic) bond motifs is 5. The molecule has 2 amide bonds. The molecule has 180 valence electrons. The Morgan fingerprint density at radius 3 is 1.47 bits per heavy atom. The molecule has 3 aliphatic rings. The van der Waals surface area contributed by atoms with Crippen molar-refractivity contribution in [2.24, 2.45) is 22.7 Å². The van der Waals surface area contributed by atoms with Gasteiger partial charge in [0.2, 0.25) is 11.8 Å². The summed E-state index contributed by atoms with van der Waals surface area (Å²) in [6.45, 7) is 3.94. The van der Waals surface area contributed by atoms with Gasteiger partial charge in [-0.15, -0.1) is 0 Å². The number of Topliss-reactive ketones (excluding diaryl/α,β-unsaturated/α-hetero) is 1. The number of allylic oxidation sites excluding steroid dienone is 2. The summed E-state index contributed by atoms with van der Waals surface area (Å²) >= 11 is 6.09. The third-order valence-electron chi connectivity index (χ3n) is 8.65. The second-order valence-electron chi connectivity index (χ2n) is 9.90. The molecule has 4 nitrogen and oxygen atoms in total. The molecule has 0 radical (unpaired) electrons. The van der Waals surface area contributed by atoms with E-state index >= 15 is 0 Å². The number of anilines is 1. The highest BCUT2D eigenvalue weighted by atomic mass is 35.5. The van der Waals surface area contributed by atoms with Gasteiger partial charge in [-0.1, -0.05) is 86.1 Å². The number of hydrogen-bond acceptors (Lipinski definition) is 3. The van der Waals surface area contributed by atoms with E-state index in [-0.39, 0.29) is 17.6 Å². The number of carbonyl (C=O) groups is 3. The lowest BCUT2D eigenvalue weighted by Gasteiger charge is -2.38. The maximum atomic E-state index is 14.7. The molecule has 0 aromatic heterocycles. The maximum Gasteiger partial charge on any atom is 0.239 e. The average molecular weight is 496 g/mol. The van der Waals surface area contributed by atoms with E-state index in [1.165, 1.54) is 4.90 Å². The van der Waals surface area contributed by atoms with Crippen molar-refractivity contribution >= 4 is 46.0 Å². The lowest BCUT2D eigenvalue weighted by Crippen LogP contribution is -2.41. The summed E-state index contributed by atoms with van der Waals surface area (Å²) in [4.78, 5) is 44.3. The zero-order chi connectivity index (χ0) is 25.2. The lowest BCUT2D eigenvalue weighted by atomic mass is 9.60. The van der Waals surface area contributed by atoms with Gasteiger partial charge in [0.1, 0.15) is 0 Å². The van der Waals surface area contributed by atoms with Crippen LogP contribution in [0.4, 0.5) is 5.69 Å². The molecule has 2 fully saturated rings. The Morgan fingerprint density at radius 2 is 1.08 bits per heavy atom. The third-order valence-corrected chi connectivity index (χ3v) is 8.90. The molecule has 36 heavy (non-hydrogen) atoms. The average Bonchev–Trinajstić information content (AvgIpc) is 3.41. The lowest BCUT2D eigenvalue weighted by molar-refractivity contribution is -0.134. The van der Waals surface area contributed by atoms with Crippen LogP contribution in [0.3, 0.4) is 0 Å². The van der Waals surface area contributed by atoms with Crippen molar-refractivity contribution in [2.45, 2.75) is 26.7 Å². The van der Waals surface area contributed by atoms with Gasteiger partial charge >= 0.3 is 0 Å². The summed E-state index contributed by atoms with van der Waals surface area (Å²) in [5.74, 6) is -2.04. The van der Waals surface area contributed by atoms with E-state index in [1.807, 2.05) is 74.5 Å². The predicted octanol–water partition coefficient (Wildman–Crippen LogP) is 6.45. The number of nitrogens with zero attached hydrogens (tertiary/aromatic N) is 1. The molecule has 1 saturated carbocycles. The number of carbonyl (C=O) groups excluding carboxylic acids is 3. The van der Waals surface area contributed by atoms with Gasteiger partial charge in [-0.25, -0.2) is 4.90 Å². The van der Waals surface area contributed by atoms with E-state index in [0.29, 0.717) is 23.6 Å². The molecule has 0 spiro atoms. The van der Waals surface area contributed by atoms with Gasteiger partial charge < -0.3 is 0 Å². The quantitative estimate of drug-likeness (QED) is 0.382. The molecular formula is C31H26ClNO3. The first-order valence-corrected chi connectivity index (χ1v) is 12.9. The molecule has 0 N–H and O–H groups in total. The Balaban J connectivity index is 1.67. The Kier molecular flexibility index (Phi) is 5.10. The number of amides is 2. The fraction of sp³-hybridized carbons (Fsp3) is 0.258. The van der Waals surface area contributed by atoms with Gasteiger partial charge in [-0.3, -0.25) is 14.4 Å². The molecule has 3 aromatic carbocycles. The number of benzene rings is 3. The fourth-order valence-corrected chi connectivity index (χ4v) is 7.43. The summed E-state index contributed by atoms with van der Waals surface area (Å²) < 4.78 is 0. The molecule has 1 saturated heterocycles. The standard InChI is InChI=1S/C31H26ClNO3/c1-3-30-23(19-11-7-5-8-12-19)24(20-13-9-6-10-14-20)31(4-2,29(30)36)26-25(30)27(34)33(28(26)35)22-17-15-21(32)16-18-22/h5-18,25-26H,3-4H2,1-2H3/t25-,26-,30-,31+/m0/s1. The summed E-state index contributed by atoms with van der Waals surface area (Å²) in [6.07, 6.45) is 0.894. The van der Waals surface area contributed by atoms with Gasteiger partial charge in [-0.2, -0.15) is 0 Å². The Bertz CT molecular complexity index is 1340. The normalized spacial score (nSPS) is 28.9. The van der Waals surface area contributed by atoms with Crippen molar-refractivity contribution in [1.29, 1.82) is 0 Å². The Morgan fingerprint density at radius 1 is 0.667 bits per heavy atom. The SMILES string of the molecule is CC[C@]12C(=O)[C@](CC)(C(c3ccccc3)=C1c1ccccc1)[C@@H]1C(=O)N(c3ccc(Cl)cc3)C(=O)[C@H]12. The summed E-state index contributed by atoms with van der Waals surface area (Å²) in [7, 11) is 0. The van der Waals surface area contributed by atoms with Crippen LogP contribution in [0, 0.1) is 22.7 Å². The molecule has 6 rings (SSSR count). The first kappa shape index (κ1) is 22.9. The molecule has 4 atom stereocenters. The zero-order valence-electron chi connectivity index (χ0n) is 20.2. The minimum atomic E-state index is -1.07. The van der Waals surface area contributed by atoms with Crippen LogP contribution in [0.15, 0.2) is 84.9 Å². The third kappa shape index (κ3) is 2.63. The Hall–Kier alpha value is -3.50. The second-order valence-corrected chi connectivity index (χ2v) is 10.3. The monoisotopic (exact) mass is 495 g/mol. The van der Waals surface area contributed by atoms with E-state index < -0.39 is 22.7 Å². The highest BCUT2D eigenvalue weighted by molar-refractivity contribution is 6.35. The van der Waals surface area contributed by atoms with Gasteiger partial charge in [0.15, 0.2) is 5.78 Å². The van der Waals surface area contributed by atoms with Crippen molar-refractivity contribution in [2.75, 3.05) is 4.90 Å². The van der Waals surface area contributed by atoms with Crippen LogP contribution in [0.2, 0.25) is 5.02 Å². The van der Waals surface area contributed by atoms with E-state index in [4.69, 9.17) is 11.6 Å². The number of imide groups is 1. The van der Waals surface area contributed by atoms with Crippen molar-refractivity contribution in [1.82, 2.24) is 0 Å². The largest absolute Gasteiger partial charge is 0.298 e. The smallest absolute Gasteiger partial charge is 0.239 e. The Labute approximate surface area is 215 Å². The number of ketones is 1. The highest BCUT2D eigenvalue weighted by Gasteiger charge is 2.80. The van der Waals surface area contributed by atoms with E-state index in [9.17, 15) is 14.4 Å².